The van der Waals surface area contributed by atoms with Crippen molar-refractivity contribution in [2.24, 2.45) is 0 Å². The van der Waals surface area contributed by atoms with E-state index in [-0.39, 0.29) is 6.67 Å². The molecule has 0 aliphatic rings. The molecule has 0 saturated carbocycles. The Kier molecular flexibility index (Phi) is 3.44. The first-order valence-corrected chi connectivity index (χ1v) is 4.40. The minimum atomic E-state index is -0.175. The van der Waals surface area contributed by atoms with E-state index in [9.17, 15) is 4.39 Å². The molecule has 0 N–H and O–H groups in total. The van der Waals surface area contributed by atoms with Gasteiger partial charge in [-0.2, -0.15) is 0 Å². The number of hydrogen-bond donors (Lipinski definition) is 0. The van der Waals surface area contributed by atoms with Crippen molar-refractivity contribution in [3.63, 3.8) is 0 Å². The summed E-state index contributed by atoms with van der Waals surface area (Å²) in [6.07, 6.45) is 2.73. The molecule has 0 nitrogen and oxygen atoms in total. The van der Waals surface area contributed by atoms with Gasteiger partial charge in [0, 0.05) is 4.88 Å². The molecule has 0 fully saturated rings. The third-order valence-corrected chi connectivity index (χ3v) is 2.32. The summed E-state index contributed by atoms with van der Waals surface area (Å²) < 4.78 is 11.6. The first kappa shape index (κ1) is 7.73. The predicted molar refractivity (Wildman–Crippen MR) is 43.2 cm³/mol. The van der Waals surface area contributed by atoms with Crippen LogP contribution in [0.5, 0.6) is 0 Å². The van der Waals surface area contributed by atoms with E-state index in [0.717, 1.165) is 12.8 Å². The molecule has 0 atom stereocenters. The van der Waals surface area contributed by atoms with Crippen LogP contribution >= 0.6 is 11.3 Å². The van der Waals surface area contributed by atoms with Gasteiger partial charge >= 0.3 is 0 Å². The summed E-state index contributed by atoms with van der Waals surface area (Å²) in [5.74, 6) is 0. The number of unbranched alkanes of at least 4 members (excludes halogenated alkanes) is 1. The average molecular weight is 158 g/mol. The van der Waals surface area contributed by atoms with Crippen molar-refractivity contribution < 1.29 is 4.39 Å². The van der Waals surface area contributed by atoms with Crippen molar-refractivity contribution in [1.82, 2.24) is 0 Å². The lowest BCUT2D eigenvalue weighted by molar-refractivity contribution is 0.462. The van der Waals surface area contributed by atoms with E-state index in [2.05, 4.69) is 11.4 Å². The maximum Gasteiger partial charge on any atom is 0.0894 e. The number of rotatable bonds is 4. The van der Waals surface area contributed by atoms with Crippen LogP contribution in [0.3, 0.4) is 0 Å². The number of hydrogen-bond acceptors (Lipinski definition) is 1. The molecule has 0 radical (unpaired) electrons. The Morgan fingerprint density at radius 1 is 1.40 bits per heavy atom. The molecule has 1 rings (SSSR count). The van der Waals surface area contributed by atoms with Gasteiger partial charge in [0.25, 0.3) is 0 Å². The van der Waals surface area contributed by atoms with E-state index in [0.29, 0.717) is 6.42 Å². The second kappa shape index (κ2) is 4.45. The zero-order chi connectivity index (χ0) is 7.23. The first-order chi connectivity index (χ1) is 4.93. The summed E-state index contributed by atoms with van der Waals surface area (Å²) >= 11 is 1.75. The Hall–Kier alpha value is -0.370. The fraction of sp³-hybridized carbons (Fsp3) is 0.500. The van der Waals surface area contributed by atoms with Gasteiger partial charge in [-0.3, -0.25) is 4.39 Å². The molecular formula is C8H11FS. The maximum absolute atomic E-state index is 11.6. The lowest BCUT2D eigenvalue weighted by atomic mass is 10.2. The minimum Gasteiger partial charge on any atom is -0.251 e. The van der Waals surface area contributed by atoms with Crippen LogP contribution in [0.15, 0.2) is 17.5 Å². The van der Waals surface area contributed by atoms with Crippen molar-refractivity contribution in [2.45, 2.75) is 19.3 Å². The predicted octanol–water partition coefficient (Wildman–Crippen LogP) is 3.04. The van der Waals surface area contributed by atoms with Crippen LogP contribution in [-0.4, -0.2) is 6.67 Å². The fourth-order valence-corrected chi connectivity index (χ4v) is 1.60. The van der Waals surface area contributed by atoms with Gasteiger partial charge in [0.05, 0.1) is 6.67 Å². The summed E-state index contributed by atoms with van der Waals surface area (Å²) in [5.41, 5.74) is 0. The SMILES string of the molecule is FCCCCc1cccs1. The van der Waals surface area contributed by atoms with Gasteiger partial charge in [-0.1, -0.05) is 6.07 Å². The smallest absolute Gasteiger partial charge is 0.0894 e. The van der Waals surface area contributed by atoms with Gasteiger partial charge in [-0.25, -0.2) is 0 Å². The van der Waals surface area contributed by atoms with Crippen LogP contribution in [0.1, 0.15) is 17.7 Å². The summed E-state index contributed by atoms with van der Waals surface area (Å²) in [6, 6.07) is 4.14. The number of alkyl halides is 1. The molecule has 0 aromatic carbocycles. The van der Waals surface area contributed by atoms with E-state index < -0.39 is 0 Å². The number of aryl methyl sites for hydroxylation is 1. The largest absolute Gasteiger partial charge is 0.251 e. The lowest BCUT2D eigenvalue weighted by Crippen LogP contribution is -1.81. The lowest BCUT2D eigenvalue weighted by Gasteiger charge is -1.92. The van der Waals surface area contributed by atoms with E-state index >= 15 is 0 Å². The Morgan fingerprint density at radius 2 is 2.30 bits per heavy atom. The molecule has 1 heterocycles. The van der Waals surface area contributed by atoms with E-state index in [1.54, 1.807) is 11.3 Å². The number of thiophene rings is 1. The highest BCUT2D eigenvalue weighted by molar-refractivity contribution is 7.09. The van der Waals surface area contributed by atoms with Crippen LogP contribution in [0, 0.1) is 0 Å². The van der Waals surface area contributed by atoms with Crippen LogP contribution in [0.2, 0.25) is 0 Å². The van der Waals surface area contributed by atoms with Crippen molar-refractivity contribution in [3.05, 3.63) is 22.4 Å². The van der Waals surface area contributed by atoms with Gasteiger partial charge in [-0.15, -0.1) is 11.3 Å². The Balaban J connectivity index is 2.15. The Morgan fingerprint density at radius 3 is 2.90 bits per heavy atom. The Labute approximate surface area is 64.7 Å². The van der Waals surface area contributed by atoms with E-state index in [1.165, 1.54) is 4.88 Å². The summed E-state index contributed by atoms with van der Waals surface area (Å²) in [4.78, 5) is 1.37. The average Bonchev–Trinajstić information content (AvgIpc) is 2.41. The number of halogens is 1. The van der Waals surface area contributed by atoms with Gasteiger partial charge < -0.3 is 0 Å². The van der Waals surface area contributed by atoms with Gasteiger partial charge in [0.15, 0.2) is 0 Å². The zero-order valence-corrected chi connectivity index (χ0v) is 6.66. The van der Waals surface area contributed by atoms with Crippen LogP contribution < -0.4 is 0 Å². The molecule has 0 amide bonds. The van der Waals surface area contributed by atoms with Crippen LogP contribution in [0.4, 0.5) is 4.39 Å². The second-order valence-corrected chi connectivity index (χ2v) is 3.26. The fourth-order valence-electron chi connectivity index (χ4n) is 0.849. The van der Waals surface area contributed by atoms with Crippen LogP contribution in [0.25, 0.3) is 0 Å². The van der Waals surface area contributed by atoms with Gasteiger partial charge in [0.2, 0.25) is 0 Å². The van der Waals surface area contributed by atoms with E-state index in [1.807, 2.05) is 6.07 Å². The molecular weight excluding hydrogens is 147 g/mol. The molecule has 10 heavy (non-hydrogen) atoms. The molecule has 0 saturated heterocycles. The first-order valence-electron chi connectivity index (χ1n) is 3.52. The van der Waals surface area contributed by atoms with Crippen molar-refractivity contribution in [2.75, 3.05) is 6.67 Å². The van der Waals surface area contributed by atoms with Gasteiger partial charge in [0.1, 0.15) is 0 Å². The van der Waals surface area contributed by atoms with Crippen molar-refractivity contribution in [1.29, 1.82) is 0 Å². The summed E-state index contributed by atoms with van der Waals surface area (Å²) in [6.45, 7) is -0.175. The summed E-state index contributed by atoms with van der Waals surface area (Å²) in [7, 11) is 0. The molecule has 1 aromatic rings. The molecule has 1 aromatic heterocycles. The molecule has 0 unspecified atom stereocenters. The van der Waals surface area contributed by atoms with Crippen molar-refractivity contribution >= 4 is 11.3 Å². The topological polar surface area (TPSA) is 0 Å². The van der Waals surface area contributed by atoms with E-state index in [4.69, 9.17) is 0 Å². The third kappa shape index (κ3) is 2.48. The third-order valence-electron chi connectivity index (χ3n) is 1.39. The molecule has 0 aliphatic carbocycles. The normalized spacial score (nSPS) is 10.1. The summed E-state index contributed by atoms with van der Waals surface area (Å²) in [5, 5.41) is 2.06. The highest BCUT2D eigenvalue weighted by Gasteiger charge is 1.92. The molecule has 56 valence electrons. The molecule has 0 spiro atoms. The standard InChI is InChI=1S/C8H11FS/c9-6-2-1-4-8-5-3-7-10-8/h3,5,7H,1-2,4,6H2. The highest BCUT2D eigenvalue weighted by Crippen LogP contribution is 2.11. The highest BCUT2D eigenvalue weighted by atomic mass is 32.1. The van der Waals surface area contributed by atoms with Crippen molar-refractivity contribution in [3.8, 4) is 0 Å². The molecule has 0 bridgehead atoms. The quantitative estimate of drug-likeness (QED) is 0.591. The van der Waals surface area contributed by atoms with Crippen LogP contribution in [-0.2, 0) is 6.42 Å². The van der Waals surface area contributed by atoms with Gasteiger partial charge in [-0.05, 0) is 30.7 Å². The zero-order valence-electron chi connectivity index (χ0n) is 5.85. The Bertz CT molecular complexity index is 158. The molecule has 0 aliphatic heterocycles. The molecule has 2 heteroatoms. The monoisotopic (exact) mass is 158 g/mol. The minimum absolute atomic E-state index is 0.175. The second-order valence-electron chi connectivity index (χ2n) is 2.23. The maximum atomic E-state index is 11.6.